The summed E-state index contributed by atoms with van der Waals surface area (Å²) in [4.78, 5) is 60.2. The van der Waals surface area contributed by atoms with Gasteiger partial charge in [-0.15, -0.1) is 0 Å². The fourth-order valence-corrected chi connectivity index (χ4v) is 2.94. The molecule has 2 aromatic rings. The number of carbonyl (C=O) groups is 4. The predicted octanol–water partition coefficient (Wildman–Crippen LogP) is 2.01. The van der Waals surface area contributed by atoms with Crippen LogP contribution in [0.5, 0.6) is 5.75 Å². The van der Waals surface area contributed by atoms with E-state index in [0.29, 0.717) is 16.2 Å². The predicted molar refractivity (Wildman–Crippen MR) is 101 cm³/mol. The van der Waals surface area contributed by atoms with Crippen LogP contribution in [-0.4, -0.2) is 53.1 Å². The molecule has 2 amide bonds. The third-order valence-electron chi connectivity index (χ3n) is 4.50. The molecule has 30 heavy (non-hydrogen) atoms. The van der Waals surface area contributed by atoms with Crippen LogP contribution in [0, 0.1) is 10.1 Å². The van der Waals surface area contributed by atoms with Crippen LogP contribution in [0.15, 0.2) is 42.5 Å². The Kier molecular flexibility index (Phi) is 5.58. The zero-order valence-electron chi connectivity index (χ0n) is 16.0. The van der Waals surface area contributed by atoms with Crippen LogP contribution in [0.2, 0.25) is 0 Å². The molecule has 0 aromatic heterocycles. The first-order valence-corrected chi connectivity index (χ1v) is 8.75. The van der Waals surface area contributed by atoms with Gasteiger partial charge in [0, 0.05) is 17.7 Å². The van der Waals surface area contributed by atoms with Gasteiger partial charge in [-0.3, -0.25) is 34.2 Å². The molecule has 1 heterocycles. The minimum Gasteiger partial charge on any atom is -0.497 e. The Morgan fingerprint density at radius 3 is 2.30 bits per heavy atom. The van der Waals surface area contributed by atoms with Crippen LogP contribution in [0.4, 0.5) is 5.69 Å². The van der Waals surface area contributed by atoms with Crippen LogP contribution >= 0.6 is 0 Å². The van der Waals surface area contributed by atoms with Crippen LogP contribution in [0.25, 0.3) is 0 Å². The number of hydrogen-bond acceptors (Lipinski definition) is 8. The maximum absolute atomic E-state index is 12.4. The third kappa shape index (κ3) is 3.88. The van der Waals surface area contributed by atoms with Gasteiger partial charge in [-0.1, -0.05) is 0 Å². The minimum absolute atomic E-state index is 0.0410. The van der Waals surface area contributed by atoms with Gasteiger partial charge in [0.2, 0.25) is 5.78 Å². The maximum atomic E-state index is 12.4. The zero-order valence-corrected chi connectivity index (χ0v) is 16.0. The summed E-state index contributed by atoms with van der Waals surface area (Å²) < 4.78 is 10.1. The summed E-state index contributed by atoms with van der Waals surface area (Å²) in [6.45, 7) is 0.649. The van der Waals surface area contributed by atoms with E-state index in [4.69, 9.17) is 9.47 Å². The number of rotatable bonds is 7. The van der Waals surface area contributed by atoms with Gasteiger partial charge in [-0.25, -0.2) is 0 Å². The van der Waals surface area contributed by atoms with Crippen molar-refractivity contribution in [3.63, 3.8) is 0 Å². The molecule has 154 valence electrons. The number of non-ortho nitro benzene ring substituents is 1. The average Bonchev–Trinajstić information content (AvgIpc) is 2.97. The summed E-state index contributed by atoms with van der Waals surface area (Å²) in [5.74, 6) is -2.49. The van der Waals surface area contributed by atoms with Gasteiger partial charge in [0.1, 0.15) is 12.3 Å². The third-order valence-corrected chi connectivity index (χ3v) is 4.50. The first-order valence-electron chi connectivity index (χ1n) is 8.75. The molecule has 10 heteroatoms. The van der Waals surface area contributed by atoms with Crippen LogP contribution < -0.4 is 4.74 Å². The molecule has 0 bridgehead atoms. The second kappa shape index (κ2) is 8.11. The van der Waals surface area contributed by atoms with E-state index in [0.717, 1.165) is 18.2 Å². The lowest BCUT2D eigenvalue weighted by atomic mass is 10.1. The summed E-state index contributed by atoms with van der Waals surface area (Å²) in [5.41, 5.74) is -0.257. The second-order valence-electron chi connectivity index (χ2n) is 6.41. The molecule has 0 radical (unpaired) electrons. The Morgan fingerprint density at radius 2 is 1.70 bits per heavy atom. The SMILES string of the molecule is COc1ccc(C(=O)[C@H](C)OC(=O)CN2C(=O)c3ccc([N+](=O)[O-])cc3C2=O)cc1. The van der Waals surface area contributed by atoms with Crippen LogP contribution in [-0.2, 0) is 9.53 Å². The van der Waals surface area contributed by atoms with Gasteiger partial charge in [-0.2, -0.15) is 0 Å². The highest BCUT2D eigenvalue weighted by Crippen LogP contribution is 2.26. The largest absolute Gasteiger partial charge is 0.497 e. The number of benzene rings is 2. The van der Waals surface area contributed by atoms with Gasteiger partial charge < -0.3 is 9.47 Å². The van der Waals surface area contributed by atoms with Crippen molar-refractivity contribution in [2.75, 3.05) is 13.7 Å². The summed E-state index contributed by atoms with van der Waals surface area (Å²) in [6, 6.07) is 9.44. The highest BCUT2D eigenvalue weighted by Gasteiger charge is 2.38. The van der Waals surface area contributed by atoms with Crippen molar-refractivity contribution in [2.24, 2.45) is 0 Å². The number of hydrogen-bond donors (Lipinski definition) is 0. The van der Waals surface area contributed by atoms with Crippen molar-refractivity contribution in [2.45, 2.75) is 13.0 Å². The number of amides is 2. The highest BCUT2D eigenvalue weighted by atomic mass is 16.6. The number of nitro groups is 1. The molecule has 1 aliphatic rings. The number of esters is 1. The van der Waals surface area contributed by atoms with E-state index in [2.05, 4.69) is 0 Å². The molecule has 0 fully saturated rings. The van der Waals surface area contributed by atoms with Crippen molar-refractivity contribution < 1.29 is 33.6 Å². The van der Waals surface area contributed by atoms with Crippen molar-refractivity contribution in [1.82, 2.24) is 4.90 Å². The van der Waals surface area contributed by atoms with E-state index in [1.54, 1.807) is 12.1 Å². The molecule has 0 unspecified atom stereocenters. The smallest absolute Gasteiger partial charge is 0.326 e. The topological polar surface area (TPSA) is 133 Å². The van der Waals surface area contributed by atoms with E-state index >= 15 is 0 Å². The minimum atomic E-state index is -1.15. The van der Waals surface area contributed by atoms with Gasteiger partial charge in [-0.05, 0) is 37.3 Å². The Hall–Kier alpha value is -4.08. The molecule has 1 aliphatic heterocycles. The molecule has 0 saturated heterocycles. The Bertz CT molecular complexity index is 1060. The maximum Gasteiger partial charge on any atom is 0.326 e. The highest BCUT2D eigenvalue weighted by molar-refractivity contribution is 6.22. The van der Waals surface area contributed by atoms with E-state index < -0.39 is 41.1 Å². The summed E-state index contributed by atoms with van der Waals surface area (Å²) in [7, 11) is 1.48. The van der Waals surface area contributed by atoms with E-state index in [1.807, 2.05) is 0 Å². The van der Waals surface area contributed by atoms with Crippen molar-refractivity contribution >= 4 is 29.3 Å². The number of carbonyl (C=O) groups excluding carboxylic acids is 4. The molecule has 10 nitrogen and oxygen atoms in total. The number of nitrogens with zero attached hydrogens (tertiary/aromatic N) is 2. The number of methoxy groups -OCH3 is 1. The number of Topliss-reactive ketones (excluding diaryl/α,β-unsaturated/α-hetero) is 1. The number of nitro benzene ring substituents is 1. The number of fused-ring (bicyclic) bond motifs is 1. The molecule has 3 rings (SSSR count). The van der Waals surface area contributed by atoms with E-state index in [9.17, 15) is 29.3 Å². The fraction of sp³-hybridized carbons (Fsp3) is 0.200. The monoisotopic (exact) mass is 412 g/mol. The molecular weight excluding hydrogens is 396 g/mol. The Labute approximate surface area is 170 Å². The number of imide groups is 1. The van der Waals surface area contributed by atoms with Crippen LogP contribution in [0.1, 0.15) is 38.0 Å². The molecule has 2 aromatic carbocycles. The van der Waals surface area contributed by atoms with Crippen LogP contribution in [0.3, 0.4) is 0 Å². The molecule has 0 aliphatic carbocycles. The molecule has 0 saturated carbocycles. The molecular formula is C20H16N2O8. The van der Waals surface area contributed by atoms with Gasteiger partial charge in [0.15, 0.2) is 6.10 Å². The quantitative estimate of drug-likeness (QED) is 0.222. The lowest BCUT2D eigenvalue weighted by Gasteiger charge is -2.16. The van der Waals surface area contributed by atoms with Crippen molar-refractivity contribution in [3.05, 3.63) is 69.3 Å². The lowest BCUT2D eigenvalue weighted by molar-refractivity contribution is -0.384. The Morgan fingerprint density at radius 1 is 1.07 bits per heavy atom. The second-order valence-corrected chi connectivity index (χ2v) is 6.41. The van der Waals surface area contributed by atoms with Gasteiger partial charge in [0.05, 0.1) is 23.2 Å². The zero-order chi connectivity index (χ0) is 22.0. The standard InChI is InChI=1S/C20H16N2O8/c1-11(18(24)12-3-6-14(29-2)7-4-12)30-17(23)10-21-19(25)15-8-5-13(22(27)28)9-16(15)20(21)26/h3-9,11H,10H2,1-2H3/t11-/m0/s1. The van der Waals surface area contributed by atoms with Crippen molar-refractivity contribution in [3.8, 4) is 5.75 Å². The molecule has 1 atom stereocenters. The first kappa shape index (κ1) is 20.6. The fourth-order valence-electron chi connectivity index (χ4n) is 2.94. The summed E-state index contributed by atoms with van der Waals surface area (Å²) in [5, 5.41) is 10.9. The molecule has 0 N–H and O–H groups in total. The first-order chi connectivity index (χ1) is 14.2. The number of ether oxygens (including phenoxy) is 2. The lowest BCUT2D eigenvalue weighted by Crippen LogP contribution is -2.37. The van der Waals surface area contributed by atoms with E-state index in [-0.39, 0.29) is 16.8 Å². The Balaban J connectivity index is 1.66. The van der Waals surface area contributed by atoms with Gasteiger partial charge in [0.25, 0.3) is 17.5 Å². The molecule has 0 spiro atoms. The average molecular weight is 412 g/mol. The summed E-state index contributed by atoms with van der Waals surface area (Å²) >= 11 is 0. The number of ketones is 1. The summed E-state index contributed by atoms with van der Waals surface area (Å²) in [6.07, 6.45) is -1.15. The van der Waals surface area contributed by atoms with Crippen molar-refractivity contribution in [1.29, 1.82) is 0 Å². The normalized spacial score (nSPS) is 13.6. The van der Waals surface area contributed by atoms with Gasteiger partial charge >= 0.3 is 5.97 Å². The van der Waals surface area contributed by atoms with E-state index in [1.165, 1.54) is 26.2 Å².